The van der Waals surface area contributed by atoms with Gasteiger partial charge in [0, 0.05) is 16.5 Å². The van der Waals surface area contributed by atoms with E-state index in [9.17, 15) is 9.59 Å². The van der Waals surface area contributed by atoms with E-state index in [-0.39, 0.29) is 28.8 Å². The predicted octanol–water partition coefficient (Wildman–Crippen LogP) is 2.49. The fraction of sp³-hybridized carbons (Fsp3) is 0. The number of rotatable bonds is 0. The van der Waals surface area contributed by atoms with Crippen LogP contribution in [0.5, 0.6) is 0 Å². The fourth-order valence-corrected chi connectivity index (χ4v) is 1.22. The molecule has 0 saturated heterocycles. The van der Waals surface area contributed by atoms with E-state index in [1.165, 1.54) is 6.07 Å². The number of nitrogens with zero attached hydrogens (tertiary/aromatic N) is 2. The van der Waals surface area contributed by atoms with Gasteiger partial charge < -0.3 is 43.1 Å². The summed E-state index contributed by atoms with van der Waals surface area (Å²) >= 11 is -0.472. The Kier molecular flexibility index (Phi) is 15.8. The Morgan fingerprint density at radius 1 is 1.29 bits per heavy atom. The average Bonchev–Trinajstić information content (AvgIpc) is 2.36. The molecule has 2 aromatic rings. The number of halogens is 2. The number of H-pyrrole nitrogens is 1. The molecule has 13 heteroatoms. The molecule has 0 spiro atoms. The molecule has 2 rings (SSSR count). The number of nitrogens with one attached hydrogen (secondary N) is 1. The quantitative estimate of drug-likeness (QED) is 0.303. The van der Waals surface area contributed by atoms with E-state index in [1.54, 1.807) is 12.1 Å². The number of nitrogens with two attached hydrogens (primary N) is 3. The molecular weight excluding hydrogens is 510 g/mol. The molecule has 124 valence electrons. The molecule has 1 aromatic heterocycles. The summed E-state index contributed by atoms with van der Waals surface area (Å²) in [7, 11) is 9.75. The van der Waals surface area contributed by atoms with Gasteiger partial charge >= 0.3 is 35.3 Å². The number of aromatic nitrogens is 2. The molecule has 1 heterocycles. The second-order valence-electron chi connectivity index (χ2n) is 2.75. The average molecular weight is 520 g/mol. The maximum Gasteiger partial charge on any atom is -0.693 e. The van der Waals surface area contributed by atoms with E-state index in [1.807, 2.05) is 0 Å². The van der Waals surface area contributed by atoms with Gasteiger partial charge in [0.2, 0.25) is 5.56 Å². The number of anilines is 1. The van der Waals surface area contributed by atoms with E-state index in [0.717, 1.165) is 5.34 Å². The van der Waals surface area contributed by atoms with Crippen molar-refractivity contribution in [3.05, 3.63) is 61.3 Å². The number of benzene rings is 1. The number of fused-ring (bicyclic) bond motifs is 1. The summed E-state index contributed by atoms with van der Waals surface area (Å²) in [5.74, 6) is 0. The first-order valence-electron chi connectivity index (χ1n) is 4.24. The third kappa shape index (κ3) is 7.78. The van der Waals surface area contributed by atoms with Crippen LogP contribution in [0.25, 0.3) is 23.1 Å². The normalized spacial score (nSPS) is 8.10. The van der Waals surface area contributed by atoms with Crippen molar-refractivity contribution in [2.75, 3.05) is 5.73 Å². The second-order valence-corrected chi connectivity index (χ2v) is 6.03. The molecular formula is C8H10Cl2N6O4Pt-4. The maximum atomic E-state index is 11.2. The minimum absolute atomic E-state index is 0. The number of hydrogen-bond donors (Lipinski definition) is 2. The number of nitrogen functional groups attached to an aromatic ring is 1. The molecule has 0 radical (unpaired) electrons. The third-order valence-electron chi connectivity index (χ3n) is 1.81. The van der Waals surface area contributed by atoms with Crippen molar-refractivity contribution in [3.8, 4) is 0 Å². The molecule has 0 aliphatic rings. The monoisotopic (exact) mass is 519 g/mol. The van der Waals surface area contributed by atoms with Crippen molar-refractivity contribution in [3.63, 3.8) is 0 Å². The van der Waals surface area contributed by atoms with Crippen molar-refractivity contribution in [2.45, 2.75) is 0 Å². The Morgan fingerprint density at radius 3 is 2.19 bits per heavy atom. The minimum Gasteiger partial charge on any atom is -0.693 e. The van der Waals surface area contributed by atoms with Gasteiger partial charge in [-0.3, -0.25) is 4.79 Å². The van der Waals surface area contributed by atoms with Gasteiger partial charge in [-0.2, -0.15) is 0 Å². The summed E-state index contributed by atoms with van der Waals surface area (Å²) in [6, 6.07) is 4.71. The largest absolute Gasteiger partial charge is 0.693 e. The molecule has 7 N–H and O–H groups in total. The smallest absolute Gasteiger partial charge is 0.693 e. The summed E-state index contributed by atoms with van der Waals surface area (Å²) in [5.41, 5.74) is 4.90. The summed E-state index contributed by atoms with van der Waals surface area (Å²) < 4.78 is 0. The first-order valence-corrected chi connectivity index (χ1v) is 9.87. The van der Waals surface area contributed by atoms with Crippen LogP contribution in [0, 0.1) is 10.1 Å². The molecule has 0 saturated carbocycles. The zero-order valence-electron chi connectivity index (χ0n) is 10.1. The second kappa shape index (κ2) is 13.5. The van der Waals surface area contributed by atoms with E-state index in [4.69, 9.17) is 34.7 Å². The van der Waals surface area contributed by atoms with Gasteiger partial charge in [0.05, 0.1) is 0 Å². The number of aromatic amines is 1. The molecule has 0 atom stereocenters. The van der Waals surface area contributed by atoms with E-state index in [0.29, 0.717) is 0 Å². The van der Waals surface area contributed by atoms with Crippen LogP contribution < -0.4 is 22.0 Å². The van der Waals surface area contributed by atoms with Gasteiger partial charge in [0.15, 0.2) is 0 Å². The standard InChI is InChI=1S/C8H7N3O2.2ClH.HNO2.2H2N.Pt/c9-5-3-1-2-4-6(5)8(13)11-10-7(4)12;;;2-1-3;;;/h1-3H,(H4,9,10,11,12,13);2*1H;(H,2,3);2*1H2;/q;;;;2*-1;+2/p-4. The molecule has 0 amide bonds. The first-order chi connectivity index (χ1) is 9.03. The molecule has 10 nitrogen and oxygen atoms in total. The van der Waals surface area contributed by atoms with Crippen LogP contribution in [-0.4, -0.2) is 5.10 Å². The van der Waals surface area contributed by atoms with Crippen molar-refractivity contribution in [1.29, 1.82) is 0 Å². The van der Waals surface area contributed by atoms with E-state index < -0.39 is 27.6 Å². The first kappa shape index (κ1) is 24.6. The van der Waals surface area contributed by atoms with Crippen LogP contribution in [0.15, 0.2) is 33.1 Å². The summed E-state index contributed by atoms with van der Waals surface area (Å²) in [5, 5.41) is 14.9. The SMILES string of the molecule is Nc1cccc2c(=O)[nH][n-]c(=O)c12.O=N[O-].[Cl][Pt][Cl].[NH2-].[NH2-]. The van der Waals surface area contributed by atoms with Crippen molar-refractivity contribution < 1.29 is 16.5 Å². The predicted molar refractivity (Wildman–Crippen MR) is 80.0 cm³/mol. The van der Waals surface area contributed by atoms with Crippen molar-refractivity contribution in [1.82, 2.24) is 10.2 Å². The third-order valence-corrected chi connectivity index (χ3v) is 1.81. The molecule has 0 unspecified atom stereocenters. The molecule has 1 aromatic carbocycles. The topological polar surface area (TPSA) is 210 Å². The van der Waals surface area contributed by atoms with Gasteiger partial charge in [-0.05, 0) is 12.1 Å². The molecule has 0 aliphatic heterocycles. The van der Waals surface area contributed by atoms with Crippen LogP contribution >= 0.6 is 18.8 Å². The number of hydrogen-bond acceptors (Lipinski definition) is 6. The van der Waals surface area contributed by atoms with Crippen LogP contribution in [0.2, 0.25) is 0 Å². The zero-order valence-corrected chi connectivity index (χ0v) is 13.8. The molecule has 0 bridgehead atoms. The Bertz CT molecular complexity index is 648. The van der Waals surface area contributed by atoms with Gasteiger partial charge in [-0.25, -0.2) is 0 Å². The van der Waals surface area contributed by atoms with Gasteiger partial charge in [0.25, 0.3) is 0 Å². The van der Waals surface area contributed by atoms with E-state index in [2.05, 4.69) is 10.2 Å². The molecule has 0 aliphatic carbocycles. The van der Waals surface area contributed by atoms with Crippen LogP contribution in [0.3, 0.4) is 0 Å². The Labute approximate surface area is 134 Å². The van der Waals surface area contributed by atoms with Crippen LogP contribution in [-0.2, 0) is 16.5 Å². The van der Waals surface area contributed by atoms with Crippen LogP contribution in [0.4, 0.5) is 5.69 Å². The fourth-order valence-electron chi connectivity index (χ4n) is 1.22. The Balaban J connectivity index is -0.000000355. The Hall–Kier alpha value is -1.45. The molecule has 21 heavy (non-hydrogen) atoms. The minimum atomic E-state index is -0.507. The van der Waals surface area contributed by atoms with Crippen LogP contribution in [0.1, 0.15) is 0 Å². The van der Waals surface area contributed by atoms with Gasteiger partial charge in [-0.1, -0.05) is 6.07 Å². The summed E-state index contributed by atoms with van der Waals surface area (Å²) in [6.45, 7) is 0. The zero-order chi connectivity index (χ0) is 14.8. The maximum absolute atomic E-state index is 11.2. The van der Waals surface area contributed by atoms with E-state index >= 15 is 0 Å². The summed E-state index contributed by atoms with van der Waals surface area (Å²) in [6.07, 6.45) is 0. The van der Waals surface area contributed by atoms with Gasteiger partial charge in [0.1, 0.15) is 5.56 Å². The summed E-state index contributed by atoms with van der Waals surface area (Å²) in [4.78, 5) is 30.4. The molecule has 0 fully saturated rings. The van der Waals surface area contributed by atoms with Gasteiger partial charge in [-0.15, -0.1) is 5.34 Å². The Morgan fingerprint density at radius 2 is 1.76 bits per heavy atom. The van der Waals surface area contributed by atoms with Crippen molar-refractivity contribution >= 4 is 35.3 Å². The van der Waals surface area contributed by atoms with Crippen molar-refractivity contribution in [2.24, 2.45) is 5.34 Å².